The van der Waals surface area contributed by atoms with Crippen LogP contribution in [0.4, 0.5) is 64.1 Å². The topological polar surface area (TPSA) is 28.4 Å². The Bertz CT molecular complexity index is 6980. The summed E-state index contributed by atoms with van der Waals surface area (Å²) in [6.45, 7) is 32.1. The van der Waals surface area contributed by atoms with E-state index in [2.05, 4.69) is 125 Å². The van der Waals surface area contributed by atoms with Gasteiger partial charge in [-0.3, -0.25) is 0 Å². The number of fused-ring (bicyclic) bond motifs is 12. The molecule has 4 heterocycles. The van der Waals surface area contributed by atoms with Crippen molar-refractivity contribution in [3.63, 3.8) is 0 Å². The lowest BCUT2D eigenvalue weighted by molar-refractivity contribution is -0.144. The van der Waals surface area contributed by atoms with Gasteiger partial charge in [0.05, 0.1) is 96.6 Å². The second kappa shape index (κ2) is 27.6. The normalized spacial score (nSPS) is 12.3. The van der Waals surface area contributed by atoms with Gasteiger partial charge in [0.25, 0.3) is 0 Å². The van der Waals surface area contributed by atoms with Crippen LogP contribution in [0.5, 0.6) is 0 Å². The first-order valence-corrected chi connectivity index (χ1v) is 37.2. The van der Waals surface area contributed by atoms with Crippen molar-refractivity contribution in [3.8, 4) is 67.3 Å². The number of nitrogens with zero attached hydrogens (tertiary/aromatic N) is 6. The zero-order chi connectivity index (χ0) is 81.7. The van der Waals surface area contributed by atoms with E-state index in [1.807, 2.05) is 116 Å². The molecule has 0 aliphatic carbocycles. The third-order valence-corrected chi connectivity index (χ3v) is 21.9. The highest BCUT2D eigenvalue weighted by Gasteiger charge is 2.39. The molecule has 0 radical (unpaired) electrons. The monoisotopic (exact) mass is 1550 g/mol. The molecular formula is C98H66F12N6. The van der Waals surface area contributed by atoms with Gasteiger partial charge in [-0.1, -0.05) is 127 Å². The fourth-order valence-electron chi connectivity index (χ4n) is 16.5. The van der Waals surface area contributed by atoms with Crippen LogP contribution in [-0.4, -0.2) is 18.3 Å². The zero-order valence-corrected chi connectivity index (χ0v) is 63.5. The molecular weight excluding hydrogens is 1490 g/mol. The Morgan fingerprint density at radius 2 is 0.431 bits per heavy atom. The Labute approximate surface area is 657 Å². The standard InChI is InChI=1S/2C49H33F6N3/c1-27-6-12-36-37-13-7-28(2)19-44(37)57(43(36)18-27)42-17-10-31(32-22-33(48(50,51)52)25-34(23-32)49(53,54)55)24-41(42)40-16-11-35(56-5)26-47(40)58-45-20-29(3)8-14-38(45)39-15-9-30(4)21-46(39)58;1-27-6-12-36-37-13-7-28(2)19-45(37)57(44(36)18-27)42-16-10-31(32-22-33(48(50,51)52)25-34(23-32)49(53,54)55)24-40(42)41-26-35(56-5)11-17-43(41)58-46-20-29(3)8-14-38(46)39-15-9-30(4)21-47(39)58/h2*6-26H,1-4H3. The first-order valence-electron chi connectivity index (χ1n) is 37.2. The minimum absolute atomic E-state index is 0.144. The van der Waals surface area contributed by atoms with Crippen molar-refractivity contribution in [1.29, 1.82) is 0 Å². The van der Waals surface area contributed by atoms with E-state index in [9.17, 15) is 52.7 Å². The van der Waals surface area contributed by atoms with Crippen molar-refractivity contribution >= 4 is 98.6 Å². The Hall–Kier alpha value is -13.6. The van der Waals surface area contributed by atoms with Crippen molar-refractivity contribution in [2.24, 2.45) is 0 Å². The van der Waals surface area contributed by atoms with Crippen LogP contribution in [0.3, 0.4) is 0 Å². The Balaban J connectivity index is 0.000000167. The summed E-state index contributed by atoms with van der Waals surface area (Å²) in [4.78, 5) is 7.58. The molecule has 0 N–H and O–H groups in total. The van der Waals surface area contributed by atoms with Gasteiger partial charge < -0.3 is 18.3 Å². The van der Waals surface area contributed by atoms with E-state index in [1.165, 1.54) is 0 Å². The maximum atomic E-state index is 14.2. The van der Waals surface area contributed by atoms with E-state index in [0.29, 0.717) is 56.4 Å². The molecule has 0 aliphatic heterocycles. The fraction of sp³-hybridized carbons (Fsp3) is 0.122. The van der Waals surface area contributed by atoms with Gasteiger partial charge in [0.1, 0.15) is 0 Å². The molecule has 14 aromatic carbocycles. The summed E-state index contributed by atoms with van der Waals surface area (Å²) in [5.41, 5.74) is 15.0. The van der Waals surface area contributed by atoms with Gasteiger partial charge in [-0.25, -0.2) is 9.69 Å². The molecule has 0 unspecified atom stereocenters. The second-order valence-electron chi connectivity index (χ2n) is 30.2. The number of aromatic nitrogens is 4. The number of aryl methyl sites for hydroxylation is 8. The van der Waals surface area contributed by atoms with Crippen LogP contribution < -0.4 is 0 Å². The predicted octanol–water partition coefficient (Wildman–Crippen LogP) is 30.1. The molecule has 116 heavy (non-hydrogen) atoms. The number of alkyl halides is 12. The molecule has 0 atom stereocenters. The lowest BCUT2D eigenvalue weighted by Crippen LogP contribution is -2.11. The number of halogens is 12. The molecule has 0 spiro atoms. The minimum atomic E-state index is -5.03. The van der Waals surface area contributed by atoms with Gasteiger partial charge in [-0.05, 0) is 255 Å². The summed E-state index contributed by atoms with van der Waals surface area (Å²) < 4.78 is 179. The van der Waals surface area contributed by atoms with Crippen LogP contribution in [-0.2, 0) is 24.7 Å². The van der Waals surface area contributed by atoms with E-state index in [-0.39, 0.29) is 34.4 Å². The highest BCUT2D eigenvalue weighted by Crippen LogP contribution is 2.50. The van der Waals surface area contributed by atoms with Crippen molar-refractivity contribution in [1.82, 2.24) is 18.3 Å². The molecule has 0 saturated carbocycles. The number of hydrogen-bond donors (Lipinski definition) is 0. The second-order valence-corrected chi connectivity index (χ2v) is 30.2. The SMILES string of the molecule is [C-]#[N+]c1ccc(-c2cc(-c3cc(C(F)(F)F)cc(C(F)(F)F)c3)ccc2-n2c3cc(C)ccc3c3ccc(C)cc32)c(-n2c3cc(C)ccc3c3ccc(C)cc32)c1.[C-]#[N+]c1ccc(-n2c3cc(C)ccc3c3ccc(C)cc32)c(-c2cc(-c3cc(C(F)(F)F)cc(C(F)(F)F)c3)ccc2-n2c3cc(C)ccc3c3ccc(C)cc32)c1. The maximum absolute atomic E-state index is 14.2. The fourth-order valence-corrected chi connectivity index (χ4v) is 16.5. The molecule has 0 amide bonds. The van der Waals surface area contributed by atoms with Gasteiger partial charge >= 0.3 is 24.7 Å². The predicted molar refractivity (Wildman–Crippen MR) is 442 cm³/mol. The maximum Gasteiger partial charge on any atom is 0.416 e. The third-order valence-electron chi connectivity index (χ3n) is 21.9. The minimum Gasteiger partial charge on any atom is -0.310 e. The molecule has 18 aromatic rings. The average molecular weight is 1560 g/mol. The van der Waals surface area contributed by atoms with Crippen LogP contribution in [0.2, 0.25) is 0 Å². The average Bonchev–Trinajstić information content (AvgIpc) is 1.56. The molecule has 0 saturated heterocycles. The first kappa shape index (κ1) is 75.1. The summed E-state index contributed by atoms with van der Waals surface area (Å²) >= 11 is 0. The van der Waals surface area contributed by atoms with Gasteiger partial charge in [-0.15, -0.1) is 0 Å². The van der Waals surface area contributed by atoms with E-state index in [1.54, 1.807) is 60.7 Å². The van der Waals surface area contributed by atoms with Crippen LogP contribution in [0.15, 0.2) is 255 Å². The summed E-state index contributed by atoms with van der Waals surface area (Å²) in [5, 5.41) is 7.93. The highest BCUT2D eigenvalue weighted by molar-refractivity contribution is 6.15. The quantitative estimate of drug-likeness (QED) is 0.107. The Morgan fingerprint density at radius 1 is 0.207 bits per heavy atom. The lowest BCUT2D eigenvalue weighted by Gasteiger charge is -2.21. The Morgan fingerprint density at radius 3 is 0.690 bits per heavy atom. The highest BCUT2D eigenvalue weighted by atomic mass is 19.4. The van der Waals surface area contributed by atoms with Crippen molar-refractivity contribution in [3.05, 3.63) is 344 Å². The van der Waals surface area contributed by atoms with E-state index in [0.717, 1.165) is 156 Å². The van der Waals surface area contributed by atoms with E-state index >= 15 is 0 Å². The third kappa shape index (κ3) is 13.2. The zero-order valence-electron chi connectivity index (χ0n) is 63.5. The molecule has 0 aliphatic rings. The largest absolute Gasteiger partial charge is 0.416 e. The van der Waals surface area contributed by atoms with Crippen LogP contribution in [0.1, 0.15) is 66.8 Å². The number of hydrogen-bond acceptors (Lipinski definition) is 0. The van der Waals surface area contributed by atoms with Crippen LogP contribution >= 0.6 is 0 Å². The van der Waals surface area contributed by atoms with Crippen molar-refractivity contribution in [2.75, 3.05) is 0 Å². The van der Waals surface area contributed by atoms with Gasteiger partial charge in [-0.2, -0.15) is 52.7 Å². The molecule has 0 bridgehead atoms. The Kier molecular flexibility index (Phi) is 17.9. The van der Waals surface area contributed by atoms with Gasteiger partial charge in [0, 0.05) is 65.5 Å². The number of benzene rings is 14. The molecule has 18 heteroatoms. The van der Waals surface area contributed by atoms with E-state index < -0.39 is 47.0 Å². The molecule has 4 aromatic heterocycles. The first-order chi connectivity index (χ1) is 55.2. The van der Waals surface area contributed by atoms with Gasteiger partial charge in [0.15, 0.2) is 11.4 Å². The molecule has 0 fully saturated rings. The summed E-state index contributed by atoms with van der Waals surface area (Å²) in [6.07, 6.45) is -20.1. The molecule has 18 rings (SSSR count). The number of rotatable bonds is 8. The van der Waals surface area contributed by atoms with Crippen molar-refractivity contribution in [2.45, 2.75) is 80.1 Å². The van der Waals surface area contributed by atoms with Crippen LogP contribution in [0.25, 0.3) is 164 Å². The van der Waals surface area contributed by atoms with E-state index in [4.69, 9.17) is 13.1 Å². The molecule has 572 valence electrons. The smallest absolute Gasteiger partial charge is 0.310 e. The summed E-state index contributed by atoms with van der Waals surface area (Å²) in [7, 11) is 0. The molecule has 6 nitrogen and oxygen atoms in total. The summed E-state index contributed by atoms with van der Waals surface area (Å²) in [5.74, 6) is 0. The van der Waals surface area contributed by atoms with Gasteiger partial charge in [0.2, 0.25) is 0 Å². The summed E-state index contributed by atoms with van der Waals surface area (Å²) in [6, 6.07) is 73.5. The lowest BCUT2D eigenvalue weighted by atomic mass is 9.93. The van der Waals surface area contributed by atoms with Crippen LogP contribution in [0, 0.1) is 68.5 Å². The van der Waals surface area contributed by atoms with Crippen molar-refractivity contribution < 1.29 is 52.7 Å².